The summed E-state index contributed by atoms with van der Waals surface area (Å²) in [6, 6.07) is 0. The maximum Gasteiger partial charge on any atom is 0.303 e. The smallest absolute Gasteiger partial charge is 0.303 e. The molecule has 2 aliphatic rings. The van der Waals surface area contributed by atoms with Crippen molar-refractivity contribution < 1.29 is 29.3 Å². The van der Waals surface area contributed by atoms with E-state index in [2.05, 4.69) is 23.4 Å². The Morgan fingerprint density at radius 1 is 1.03 bits per heavy atom. The van der Waals surface area contributed by atoms with Crippen molar-refractivity contribution in [3.05, 3.63) is 12.7 Å². The van der Waals surface area contributed by atoms with Gasteiger partial charge in [-0.2, -0.15) is 0 Å². The minimum absolute atomic E-state index is 0.111. The van der Waals surface area contributed by atoms with Gasteiger partial charge in [0.15, 0.2) is 0 Å². The molecule has 0 radical (unpaired) electrons. The summed E-state index contributed by atoms with van der Waals surface area (Å²) >= 11 is 0. The lowest BCUT2D eigenvalue weighted by Crippen LogP contribution is -2.40. The molecule has 8 heteroatoms. The molecule has 0 aromatic heterocycles. The summed E-state index contributed by atoms with van der Waals surface area (Å²) in [7, 11) is 4.14. The predicted octanol–water partition coefficient (Wildman–Crippen LogP) is 2.83. The third kappa shape index (κ3) is 28.8. The van der Waals surface area contributed by atoms with Gasteiger partial charge in [-0.15, -0.1) is 6.58 Å². The minimum Gasteiger partial charge on any atom is -0.481 e. The van der Waals surface area contributed by atoms with Crippen LogP contribution >= 0.6 is 0 Å². The first kappa shape index (κ1) is 32.2. The fraction of sp³-hybridized carbons (Fsp3) is 0.810. The number of allylic oxidation sites excluding steroid dienone is 1. The highest BCUT2D eigenvalue weighted by Crippen LogP contribution is 2.08. The number of ether oxygens (including phenoxy) is 2. The first-order valence-electron chi connectivity index (χ1n) is 10.3. The van der Waals surface area contributed by atoms with Crippen LogP contribution in [0.1, 0.15) is 47.0 Å². The molecule has 2 N–H and O–H groups in total. The van der Waals surface area contributed by atoms with Crippen molar-refractivity contribution in [3.63, 3.8) is 0 Å². The molecule has 0 bridgehead atoms. The van der Waals surface area contributed by atoms with Gasteiger partial charge in [0.2, 0.25) is 0 Å². The van der Waals surface area contributed by atoms with E-state index < -0.39 is 11.9 Å². The van der Waals surface area contributed by atoms with Crippen molar-refractivity contribution in [1.29, 1.82) is 0 Å². The van der Waals surface area contributed by atoms with Crippen LogP contribution in [0.5, 0.6) is 0 Å². The zero-order chi connectivity index (χ0) is 23.1. The van der Waals surface area contributed by atoms with E-state index in [0.29, 0.717) is 6.42 Å². The van der Waals surface area contributed by atoms with Gasteiger partial charge in [0, 0.05) is 39.0 Å². The molecule has 174 valence electrons. The maximum absolute atomic E-state index is 10.3. The molecule has 0 aromatic rings. The summed E-state index contributed by atoms with van der Waals surface area (Å²) in [6.45, 7) is 17.4. The molecule has 2 aliphatic heterocycles. The molecule has 0 spiro atoms. The Hall–Kier alpha value is -1.48. The van der Waals surface area contributed by atoms with Crippen LogP contribution in [-0.4, -0.2) is 98.2 Å². The summed E-state index contributed by atoms with van der Waals surface area (Å²) in [5.41, 5.74) is 0. The minimum atomic E-state index is -0.745. The molecule has 2 rings (SSSR count). The fourth-order valence-electron chi connectivity index (χ4n) is 1.98. The molecule has 2 saturated heterocycles. The van der Waals surface area contributed by atoms with Crippen LogP contribution in [-0.2, 0) is 19.1 Å². The van der Waals surface area contributed by atoms with Crippen LogP contribution in [0.2, 0.25) is 0 Å². The third-order valence-electron chi connectivity index (χ3n) is 3.56. The van der Waals surface area contributed by atoms with Gasteiger partial charge in [-0.1, -0.05) is 26.8 Å². The molecule has 2 fully saturated rings. The second kappa shape index (κ2) is 24.6. The van der Waals surface area contributed by atoms with Crippen molar-refractivity contribution in [1.82, 2.24) is 9.80 Å². The van der Waals surface area contributed by atoms with Crippen molar-refractivity contribution in [2.75, 3.05) is 60.1 Å². The topological polar surface area (TPSA) is 99.5 Å². The van der Waals surface area contributed by atoms with E-state index in [1.165, 1.54) is 0 Å². The number of likely N-dealkylation sites (N-methyl/N-ethyl adjacent to an activating group) is 2. The molecule has 2 heterocycles. The van der Waals surface area contributed by atoms with Gasteiger partial charge in [0.05, 0.1) is 25.9 Å². The van der Waals surface area contributed by atoms with E-state index in [1.807, 2.05) is 27.8 Å². The zero-order valence-electron chi connectivity index (χ0n) is 19.4. The molecule has 8 nitrogen and oxygen atoms in total. The largest absolute Gasteiger partial charge is 0.481 e. The Morgan fingerprint density at radius 3 is 1.79 bits per heavy atom. The molecule has 0 amide bonds. The van der Waals surface area contributed by atoms with Crippen LogP contribution in [0.25, 0.3) is 0 Å². The summed E-state index contributed by atoms with van der Waals surface area (Å²) < 4.78 is 10.5. The number of carboxylic acid groups (broad SMARTS) is 2. The Labute approximate surface area is 177 Å². The Morgan fingerprint density at radius 2 is 1.48 bits per heavy atom. The number of carbonyl (C=O) groups is 2. The van der Waals surface area contributed by atoms with E-state index in [1.54, 1.807) is 13.0 Å². The maximum atomic E-state index is 10.3. The van der Waals surface area contributed by atoms with Gasteiger partial charge in [0.1, 0.15) is 0 Å². The van der Waals surface area contributed by atoms with E-state index in [-0.39, 0.29) is 18.9 Å². The standard InChI is InChI=1S/C8H15NO3.C5H11NO.C3H6O2.C3H6.C2H6/c1-9-4-5-12-7(6-9)2-3-8(10)11;1-6-2-4-7-5-3-6;1-2-3(4)5;1-3-2;1-2/h7H,2-6H2,1H3,(H,10,11);2-5H2,1H3;2H2,1H3,(H,4,5);3H,1H2,2H3;1-2H3. The van der Waals surface area contributed by atoms with Crippen molar-refractivity contribution in [2.45, 2.75) is 53.1 Å². The van der Waals surface area contributed by atoms with Gasteiger partial charge in [-0.25, -0.2) is 0 Å². The van der Waals surface area contributed by atoms with Crippen LogP contribution in [0, 0.1) is 0 Å². The summed E-state index contributed by atoms with van der Waals surface area (Å²) in [4.78, 5) is 24.1. The van der Waals surface area contributed by atoms with Crippen molar-refractivity contribution in [2.24, 2.45) is 0 Å². The number of morpholine rings is 2. The summed E-state index contributed by atoms with van der Waals surface area (Å²) in [5.74, 6) is -1.49. The molecule has 1 unspecified atom stereocenters. The van der Waals surface area contributed by atoms with Crippen LogP contribution in [0.15, 0.2) is 12.7 Å². The molecule has 29 heavy (non-hydrogen) atoms. The number of hydrogen-bond donors (Lipinski definition) is 2. The van der Waals surface area contributed by atoms with Crippen LogP contribution in [0.4, 0.5) is 0 Å². The highest BCUT2D eigenvalue weighted by atomic mass is 16.5. The van der Waals surface area contributed by atoms with Crippen molar-refractivity contribution in [3.8, 4) is 0 Å². The Bertz CT molecular complexity index is 387. The zero-order valence-corrected chi connectivity index (χ0v) is 19.4. The van der Waals surface area contributed by atoms with E-state index in [9.17, 15) is 9.59 Å². The lowest BCUT2D eigenvalue weighted by atomic mass is 10.1. The second-order valence-electron chi connectivity index (χ2n) is 6.26. The van der Waals surface area contributed by atoms with E-state index in [4.69, 9.17) is 19.7 Å². The summed E-state index contributed by atoms with van der Waals surface area (Å²) in [6.07, 6.45) is 2.91. The normalized spacial score (nSPS) is 18.6. The molecular weight excluding hydrogens is 376 g/mol. The predicted molar refractivity (Wildman–Crippen MR) is 118 cm³/mol. The van der Waals surface area contributed by atoms with E-state index >= 15 is 0 Å². The number of aliphatic carboxylic acids is 2. The quantitative estimate of drug-likeness (QED) is 0.670. The molecule has 0 saturated carbocycles. The van der Waals surface area contributed by atoms with Gasteiger partial charge >= 0.3 is 11.9 Å². The van der Waals surface area contributed by atoms with Crippen molar-refractivity contribution >= 4 is 11.9 Å². The number of rotatable bonds is 4. The van der Waals surface area contributed by atoms with Gasteiger partial charge in [-0.05, 0) is 27.4 Å². The average Bonchev–Trinajstić information content (AvgIpc) is 2.70. The number of hydrogen-bond acceptors (Lipinski definition) is 6. The van der Waals surface area contributed by atoms with Crippen LogP contribution in [0.3, 0.4) is 0 Å². The number of nitrogens with zero attached hydrogens (tertiary/aromatic N) is 2. The van der Waals surface area contributed by atoms with Gasteiger partial charge < -0.3 is 29.5 Å². The average molecular weight is 421 g/mol. The second-order valence-corrected chi connectivity index (χ2v) is 6.26. The SMILES string of the molecule is C=CC.CC.CCC(=O)O.CN1CCOC(CCC(=O)O)C1.CN1CCOCC1. The van der Waals surface area contributed by atoms with Gasteiger partial charge in [-0.3, -0.25) is 9.59 Å². The monoisotopic (exact) mass is 420 g/mol. The fourth-order valence-corrected chi connectivity index (χ4v) is 1.98. The molecular formula is C21H44N2O6. The highest BCUT2D eigenvalue weighted by molar-refractivity contribution is 5.66. The lowest BCUT2D eigenvalue weighted by molar-refractivity contribution is -0.138. The third-order valence-corrected chi connectivity index (χ3v) is 3.56. The first-order valence-corrected chi connectivity index (χ1v) is 10.3. The highest BCUT2D eigenvalue weighted by Gasteiger charge is 2.17. The molecule has 0 aromatic carbocycles. The Kier molecular flexibility index (Phi) is 27.3. The van der Waals surface area contributed by atoms with E-state index in [0.717, 1.165) is 46.0 Å². The molecule has 0 aliphatic carbocycles. The van der Waals surface area contributed by atoms with Gasteiger partial charge in [0.25, 0.3) is 0 Å². The Balaban J connectivity index is -0.000000339. The summed E-state index contributed by atoms with van der Waals surface area (Å²) in [5, 5.41) is 16.2. The first-order chi connectivity index (χ1) is 13.8. The lowest BCUT2D eigenvalue weighted by Gasteiger charge is -2.29. The molecule has 1 atom stereocenters. The number of carboxylic acids is 2. The van der Waals surface area contributed by atoms with Crippen LogP contribution < -0.4 is 0 Å².